The van der Waals surface area contributed by atoms with Crippen LogP contribution in [0.25, 0.3) is 0 Å². The smallest absolute Gasteiger partial charge is 0.254 e. The molecule has 24 heavy (non-hydrogen) atoms. The summed E-state index contributed by atoms with van der Waals surface area (Å²) in [6.45, 7) is -0.449. The van der Waals surface area contributed by atoms with E-state index in [4.69, 9.17) is 5.11 Å². The summed E-state index contributed by atoms with van der Waals surface area (Å²) in [6.07, 6.45) is 0.165. The van der Waals surface area contributed by atoms with Gasteiger partial charge in [-0.2, -0.15) is 0 Å². The first kappa shape index (κ1) is 16.3. The Kier molecular flexibility index (Phi) is 4.18. The number of hydrogen-bond acceptors (Lipinski definition) is 4. The number of piperazine rings is 1. The van der Waals surface area contributed by atoms with Crippen molar-refractivity contribution >= 4 is 17.7 Å². The molecule has 0 aliphatic carbocycles. The average Bonchev–Trinajstić information content (AvgIpc) is 2.98. The van der Waals surface area contributed by atoms with Gasteiger partial charge < -0.3 is 20.6 Å². The molecule has 9 heteroatoms. The van der Waals surface area contributed by atoms with Crippen LogP contribution in [0.1, 0.15) is 16.8 Å². The molecule has 0 bridgehead atoms. The van der Waals surface area contributed by atoms with Crippen LogP contribution in [0, 0.1) is 11.6 Å². The average molecular weight is 339 g/mol. The molecule has 3 N–H and O–H groups in total. The largest absolute Gasteiger partial charge is 0.394 e. The van der Waals surface area contributed by atoms with Crippen LogP contribution >= 0.6 is 0 Å². The summed E-state index contributed by atoms with van der Waals surface area (Å²) >= 11 is 0. The van der Waals surface area contributed by atoms with Crippen LogP contribution < -0.4 is 10.6 Å². The summed E-state index contributed by atoms with van der Waals surface area (Å²) in [4.78, 5) is 37.5. The van der Waals surface area contributed by atoms with Crippen LogP contribution in [0.4, 0.5) is 8.78 Å². The number of amides is 3. The molecular weight excluding hydrogens is 324 g/mol. The van der Waals surface area contributed by atoms with E-state index in [1.165, 1.54) is 11.0 Å². The predicted molar refractivity (Wildman–Crippen MR) is 76.7 cm³/mol. The number of hydrogen-bond donors (Lipinski definition) is 3. The number of nitrogens with one attached hydrogen (secondary N) is 2. The molecule has 0 radical (unpaired) electrons. The zero-order valence-corrected chi connectivity index (χ0v) is 12.5. The second kappa shape index (κ2) is 6.16. The number of carbonyl (C=O) groups is 3. The topological polar surface area (TPSA) is 98.7 Å². The van der Waals surface area contributed by atoms with Crippen molar-refractivity contribution in [3.05, 3.63) is 35.4 Å². The van der Waals surface area contributed by atoms with Crippen LogP contribution in [-0.4, -0.2) is 59.0 Å². The molecule has 3 atom stereocenters. The summed E-state index contributed by atoms with van der Waals surface area (Å²) in [7, 11) is 0. The third-order valence-corrected chi connectivity index (χ3v) is 4.22. The molecule has 1 aromatic carbocycles. The van der Waals surface area contributed by atoms with Crippen molar-refractivity contribution in [2.75, 3.05) is 13.2 Å². The summed E-state index contributed by atoms with van der Waals surface area (Å²) in [6, 6.07) is 0.952. The molecule has 2 fully saturated rings. The normalized spacial score (nSPS) is 26.1. The SMILES string of the molecule is O=C(N[C@H]1C[C@H]2C(=O)N[C@H](CO)C(=O)N2C1)c1cccc(F)c1F. The van der Waals surface area contributed by atoms with Crippen LogP contribution in [0.3, 0.4) is 0 Å². The second-order valence-electron chi connectivity index (χ2n) is 5.76. The Morgan fingerprint density at radius 1 is 1.38 bits per heavy atom. The molecule has 7 nitrogen and oxygen atoms in total. The maximum Gasteiger partial charge on any atom is 0.254 e. The van der Waals surface area contributed by atoms with E-state index >= 15 is 0 Å². The van der Waals surface area contributed by atoms with Crippen molar-refractivity contribution < 1.29 is 28.3 Å². The third-order valence-electron chi connectivity index (χ3n) is 4.22. The van der Waals surface area contributed by atoms with Gasteiger partial charge in [0.05, 0.1) is 12.2 Å². The molecule has 2 aliphatic rings. The highest BCUT2D eigenvalue weighted by Gasteiger charge is 2.46. The number of benzene rings is 1. The molecule has 2 saturated heterocycles. The van der Waals surface area contributed by atoms with Crippen LogP contribution in [0.5, 0.6) is 0 Å². The van der Waals surface area contributed by atoms with Gasteiger partial charge in [0.25, 0.3) is 5.91 Å². The minimum absolute atomic E-state index is 0.0656. The number of fused-ring (bicyclic) bond motifs is 1. The minimum atomic E-state index is -1.25. The first-order valence-corrected chi connectivity index (χ1v) is 7.39. The van der Waals surface area contributed by atoms with Crippen molar-refractivity contribution in [3.8, 4) is 0 Å². The van der Waals surface area contributed by atoms with Gasteiger partial charge in [-0.05, 0) is 18.6 Å². The molecule has 0 spiro atoms. The molecule has 3 amide bonds. The fourth-order valence-electron chi connectivity index (χ4n) is 3.03. The molecule has 0 unspecified atom stereocenters. The number of halogens is 2. The molecule has 128 valence electrons. The van der Waals surface area contributed by atoms with Gasteiger partial charge in [0.2, 0.25) is 11.8 Å². The Balaban J connectivity index is 1.72. The molecule has 2 aliphatic heterocycles. The zero-order valence-electron chi connectivity index (χ0n) is 12.5. The Morgan fingerprint density at radius 3 is 2.83 bits per heavy atom. The first-order chi connectivity index (χ1) is 11.4. The van der Waals surface area contributed by atoms with Gasteiger partial charge in [-0.3, -0.25) is 14.4 Å². The van der Waals surface area contributed by atoms with E-state index in [0.29, 0.717) is 0 Å². The molecule has 0 saturated carbocycles. The summed E-state index contributed by atoms with van der Waals surface area (Å²) in [5, 5.41) is 14.0. The quantitative estimate of drug-likeness (QED) is 0.668. The lowest BCUT2D eigenvalue weighted by Gasteiger charge is -2.33. The fraction of sp³-hybridized carbons (Fsp3) is 0.400. The van der Waals surface area contributed by atoms with Crippen molar-refractivity contribution in [1.29, 1.82) is 0 Å². The lowest BCUT2D eigenvalue weighted by molar-refractivity contribution is -0.148. The summed E-state index contributed by atoms with van der Waals surface area (Å²) in [5.74, 6) is -4.05. The Morgan fingerprint density at radius 2 is 2.12 bits per heavy atom. The summed E-state index contributed by atoms with van der Waals surface area (Å²) < 4.78 is 26.8. The number of aliphatic hydroxyl groups is 1. The highest BCUT2D eigenvalue weighted by Crippen LogP contribution is 2.23. The molecule has 3 rings (SSSR count). The van der Waals surface area contributed by atoms with E-state index in [1.807, 2.05) is 0 Å². The van der Waals surface area contributed by atoms with Gasteiger partial charge in [-0.25, -0.2) is 8.78 Å². The monoisotopic (exact) mass is 339 g/mol. The molecule has 0 aromatic heterocycles. The fourth-order valence-corrected chi connectivity index (χ4v) is 3.03. The summed E-state index contributed by atoms with van der Waals surface area (Å²) in [5.41, 5.74) is -0.441. The van der Waals surface area contributed by atoms with E-state index in [9.17, 15) is 23.2 Å². The number of carbonyl (C=O) groups excluding carboxylic acids is 3. The number of rotatable bonds is 3. The second-order valence-corrected chi connectivity index (χ2v) is 5.76. The van der Waals surface area contributed by atoms with Crippen molar-refractivity contribution in [1.82, 2.24) is 15.5 Å². The maximum atomic E-state index is 13.7. The van der Waals surface area contributed by atoms with E-state index < -0.39 is 59.7 Å². The van der Waals surface area contributed by atoms with Crippen LogP contribution in [-0.2, 0) is 9.59 Å². The van der Waals surface area contributed by atoms with Gasteiger partial charge in [-0.1, -0.05) is 6.07 Å². The van der Waals surface area contributed by atoms with Crippen molar-refractivity contribution in [3.63, 3.8) is 0 Å². The first-order valence-electron chi connectivity index (χ1n) is 7.39. The van der Waals surface area contributed by atoms with Gasteiger partial charge in [0.1, 0.15) is 12.1 Å². The van der Waals surface area contributed by atoms with E-state index in [-0.39, 0.29) is 13.0 Å². The Bertz CT molecular complexity index is 712. The standard InChI is InChI=1S/C15H15F2N3O4/c16-9-3-1-2-8(12(9)17)13(22)18-7-4-11-14(23)19-10(6-21)15(24)20(11)5-7/h1-3,7,10-11,21H,4-6H2,(H,18,22)(H,19,23)/t7-,10+,11-/m0/s1. The van der Waals surface area contributed by atoms with Gasteiger partial charge >= 0.3 is 0 Å². The molecular formula is C15H15F2N3O4. The van der Waals surface area contributed by atoms with Gasteiger partial charge in [0.15, 0.2) is 11.6 Å². The van der Waals surface area contributed by atoms with Crippen molar-refractivity contribution in [2.24, 2.45) is 0 Å². The number of nitrogens with zero attached hydrogens (tertiary/aromatic N) is 1. The minimum Gasteiger partial charge on any atom is -0.394 e. The molecule has 1 aromatic rings. The lowest BCUT2D eigenvalue weighted by Crippen LogP contribution is -2.62. The molecule has 2 heterocycles. The Hall–Kier alpha value is -2.55. The third kappa shape index (κ3) is 2.71. The van der Waals surface area contributed by atoms with E-state index in [2.05, 4.69) is 10.6 Å². The Labute approximate surface area is 135 Å². The number of aliphatic hydroxyl groups excluding tert-OH is 1. The van der Waals surface area contributed by atoms with Crippen molar-refractivity contribution in [2.45, 2.75) is 24.5 Å². The maximum absolute atomic E-state index is 13.7. The van der Waals surface area contributed by atoms with Gasteiger partial charge in [0, 0.05) is 12.6 Å². The van der Waals surface area contributed by atoms with E-state index in [0.717, 1.165) is 12.1 Å². The van der Waals surface area contributed by atoms with Crippen LogP contribution in [0.15, 0.2) is 18.2 Å². The zero-order chi connectivity index (χ0) is 17.4. The van der Waals surface area contributed by atoms with Gasteiger partial charge in [-0.15, -0.1) is 0 Å². The highest BCUT2D eigenvalue weighted by molar-refractivity contribution is 5.98. The highest BCUT2D eigenvalue weighted by atomic mass is 19.2. The van der Waals surface area contributed by atoms with Crippen LogP contribution in [0.2, 0.25) is 0 Å². The van der Waals surface area contributed by atoms with E-state index in [1.54, 1.807) is 0 Å². The predicted octanol–water partition coefficient (Wildman–Crippen LogP) is -0.845. The lowest BCUT2D eigenvalue weighted by atomic mass is 10.1.